The molecule has 3 amide bonds. The number of carbonyl (C=O) groups excluding carboxylic acids is 2. The van der Waals surface area contributed by atoms with Gasteiger partial charge in [-0.2, -0.15) is 0 Å². The molecule has 234 valence electrons. The lowest BCUT2D eigenvalue weighted by Crippen LogP contribution is -2.49. The van der Waals surface area contributed by atoms with E-state index in [1.165, 1.54) is 23.1 Å². The molecule has 8 heteroatoms. The maximum atomic E-state index is 13.8. The Labute approximate surface area is 261 Å². The average Bonchev–Trinajstić information content (AvgIpc) is 3.04. The number of likely N-dealkylation sites (N-methyl/N-ethyl adjacent to an activating group) is 1. The number of ether oxygens (including phenoxy) is 1. The molecule has 2 aliphatic rings. The predicted molar refractivity (Wildman–Crippen MR) is 175 cm³/mol. The van der Waals surface area contributed by atoms with Crippen LogP contribution in [0.1, 0.15) is 61.9 Å². The van der Waals surface area contributed by atoms with Gasteiger partial charge >= 0.3 is 6.03 Å². The topological polar surface area (TPSA) is 94.1 Å². The fraction of sp³-hybridized carbons (Fsp3) is 0.444. The highest BCUT2D eigenvalue weighted by Crippen LogP contribution is 2.31. The number of rotatable bonds is 9. The smallest absolute Gasteiger partial charge is 0.319 e. The summed E-state index contributed by atoms with van der Waals surface area (Å²) < 4.78 is 6.57. The van der Waals surface area contributed by atoms with Crippen molar-refractivity contribution < 1.29 is 19.4 Å². The number of hydrogen-bond acceptors (Lipinski definition) is 5. The first-order chi connectivity index (χ1) is 21.3. The monoisotopic (exact) mass is 598 g/mol. The van der Waals surface area contributed by atoms with Crippen LogP contribution in [-0.4, -0.2) is 71.8 Å². The molecule has 3 atom stereocenters. The van der Waals surface area contributed by atoms with Crippen LogP contribution in [0.3, 0.4) is 0 Å². The molecule has 1 fully saturated rings. The highest BCUT2D eigenvalue weighted by atomic mass is 16.5. The molecule has 1 aliphatic carbocycles. The first kappa shape index (κ1) is 31.5. The molecule has 8 nitrogen and oxygen atoms in total. The summed E-state index contributed by atoms with van der Waals surface area (Å²) in [7, 11) is 2.08. The van der Waals surface area contributed by atoms with Crippen molar-refractivity contribution in [1.82, 2.24) is 15.1 Å². The van der Waals surface area contributed by atoms with Crippen LogP contribution in [0.25, 0.3) is 11.1 Å². The van der Waals surface area contributed by atoms with Crippen molar-refractivity contribution in [2.45, 2.75) is 70.7 Å². The van der Waals surface area contributed by atoms with E-state index in [1.54, 1.807) is 23.1 Å². The minimum absolute atomic E-state index is 0.0167. The molecular weight excluding hydrogens is 552 g/mol. The van der Waals surface area contributed by atoms with Crippen LogP contribution in [0.5, 0.6) is 5.75 Å². The van der Waals surface area contributed by atoms with E-state index < -0.39 is 0 Å². The number of anilines is 1. The third-order valence-corrected chi connectivity index (χ3v) is 8.87. The number of amides is 3. The Balaban J connectivity index is 1.30. The molecule has 1 saturated carbocycles. The second-order valence-corrected chi connectivity index (χ2v) is 12.5. The second-order valence-electron chi connectivity index (χ2n) is 12.5. The van der Waals surface area contributed by atoms with Crippen molar-refractivity contribution in [1.29, 1.82) is 0 Å². The van der Waals surface area contributed by atoms with E-state index in [0.29, 0.717) is 30.1 Å². The highest BCUT2D eigenvalue weighted by Gasteiger charge is 2.33. The Hall–Kier alpha value is -3.88. The van der Waals surface area contributed by atoms with Gasteiger partial charge in [0.25, 0.3) is 5.91 Å². The van der Waals surface area contributed by atoms with Gasteiger partial charge in [0, 0.05) is 37.3 Å². The van der Waals surface area contributed by atoms with Crippen LogP contribution in [-0.2, 0) is 6.54 Å². The van der Waals surface area contributed by atoms with E-state index in [0.717, 1.165) is 32.2 Å². The summed E-state index contributed by atoms with van der Waals surface area (Å²) >= 11 is 0. The maximum absolute atomic E-state index is 13.8. The summed E-state index contributed by atoms with van der Waals surface area (Å²) in [5.74, 6) is 0.290. The maximum Gasteiger partial charge on any atom is 0.319 e. The second kappa shape index (κ2) is 14.7. The van der Waals surface area contributed by atoms with Crippen molar-refractivity contribution in [3.8, 4) is 16.9 Å². The van der Waals surface area contributed by atoms with E-state index >= 15 is 0 Å². The Kier molecular flexibility index (Phi) is 10.6. The number of carbonyl (C=O) groups is 2. The Morgan fingerprint density at radius 2 is 1.73 bits per heavy atom. The van der Waals surface area contributed by atoms with Gasteiger partial charge in [-0.25, -0.2) is 4.79 Å². The number of urea groups is 1. The normalized spacial score (nSPS) is 19.8. The fourth-order valence-electron chi connectivity index (χ4n) is 6.23. The van der Waals surface area contributed by atoms with Gasteiger partial charge in [0.2, 0.25) is 0 Å². The van der Waals surface area contributed by atoms with Crippen LogP contribution in [0, 0.1) is 5.92 Å². The van der Waals surface area contributed by atoms with Gasteiger partial charge in [-0.05, 0) is 61.7 Å². The zero-order valence-electron chi connectivity index (χ0n) is 26.2. The Bertz CT molecular complexity index is 1390. The molecule has 3 aromatic carbocycles. The van der Waals surface area contributed by atoms with Gasteiger partial charge in [0.05, 0.1) is 18.2 Å². The lowest BCUT2D eigenvalue weighted by molar-refractivity contribution is 0.0341. The minimum Gasteiger partial charge on any atom is -0.488 e. The molecule has 1 aliphatic heterocycles. The SMILES string of the molecule is C[C@H](CO)N1C[C@H](C)[C@H](CN(C)Cc2ccc(-c3ccccc3)cc2)Oc2ccc(NC(=O)NC3CCCCC3)cc2C1=O. The molecule has 5 rings (SSSR count). The summed E-state index contributed by atoms with van der Waals surface area (Å²) in [6.07, 6.45) is 5.26. The predicted octanol–water partition coefficient (Wildman–Crippen LogP) is 6.16. The van der Waals surface area contributed by atoms with Crippen LogP contribution in [0.2, 0.25) is 0 Å². The number of benzene rings is 3. The van der Waals surface area contributed by atoms with Crippen LogP contribution in [0.4, 0.5) is 10.5 Å². The summed E-state index contributed by atoms with van der Waals surface area (Å²) in [5, 5.41) is 16.0. The molecule has 0 bridgehead atoms. The minimum atomic E-state index is -0.358. The molecule has 0 spiro atoms. The van der Waals surface area contributed by atoms with E-state index in [-0.39, 0.29) is 42.7 Å². The van der Waals surface area contributed by atoms with Crippen molar-refractivity contribution >= 4 is 17.6 Å². The Morgan fingerprint density at radius 3 is 2.43 bits per heavy atom. The third-order valence-electron chi connectivity index (χ3n) is 8.87. The van der Waals surface area contributed by atoms with Gasteiger partial charge < -0.3 is 25.4 Å². The van der Waals surface area contributed by atoms with Crippen molar-refractivity contribution in [3.05, 3.63) is 83.9 Å². The zero-order chi connectivity index (χ0) is 31.1. The van der Waals surface area contributed by atoms with E-state index in [4.69, 9.17) is 4.74 Å². The van der Waals surface area contributed by atoms with Crippen molar-refractivity contribution in [2.75, 3.05) is 32.1 Å². The molecule has 1 heterocycles. The van der Waals surface area contributed by atoms with E-state index in [1.807, 2.05) is 25.1 Å². The fourth-order valence-corrected chi connectivity index (χ4v) is 6.23. The standard InChI is InChI=1S/C36H46N4O4/c1-25-21-40(26(2)24-41)35(42)32-20-31(38-36(43)37-30-12-8-5-9-13-30)18-19-33(32)44-34(25)23-39(3)22-27-14-16-29(17-15-27)28-10-6-4-7-11-28/h4,6-7,10-11,14-20,25-26,30,34,41H,5,8-9,12-13,21-24H2,1-3H3,(H2,37,38,43)/t25-,26+,34-/m0/s1. The first-order valence-electron chi connectivity index (χ1n) is 15.9. The van der Waals surface area contributed by atoms with Crippen molar-refractivity contribution in [3.63, 3.8) is 0 Å². The van der Waals surface area contributed by atoms with Crippen LogP contribution in [0.15, 0.2) is 72.8 Å². The molecule has 3 N–H and O–H groups in total. The molecular formula is C36H46N4O4. The van der Waals surface area contributed by atoms with Gasteiger partial charge in [0.15, 0.2) is 0 Å². The number of hydrogen-bond donors (Lipinski definition) is 3. The largest absolute Gasteiger partial charge is 0.488 e. The van der Waals surface area contributed by atoms with E-state index in [2.05, 4.69) is 65.9 Å². The van der Waals surface area contributed by atoms with Gasteiger partial charge in [0.1, 0.15) is 11.9 Å². The van der Waals surface area contributed by atoms with Gasteiger partial charge in [-0.3, -0.25) is 9.69 Å². The number of nitrogens with zero attached hydrogens (tertiary/aromatic N) is 2. The highest BCUT2D eigenvalue weighted by molar-refractivity contribution is 5.99. The molecule has 0 radical (unpaired) electrons. The molecule has 0 unspecified atom stereocenters. The number of aliphatic hydroxyl groups excluding tert-OH is 1. The first-order valence-corrected chi connectivity index (χ1v) is 15.9. The lowest BCUT2D eigenvalue weighted by atomic mass is 9.96. The zero-order valence-corrected chi connectivity index (χ0v) is 26.2. The number of fused-ring (bicyclic) bond motifs is 1. The summed E-state index contributed by atoms with van der Waals surface area (Å²) in [5.41, 5.74) is 4.51. The number of nitrogens with one attached hydrogen (secondary N) is 2. The summed E-state index contributed by atoms with van der Waals surface area (Å²) in [4.78, 5) is 30.5. The Morgan fingerprint density at radius 1 is 1.02 bits per heavy atom. The summed E-state index contributed by atoms with van der Waals surface area (Å²) in [6, 6.07) is 23.8. The average molecular weight is 599 g/mol. The third kappa shape index (κ3) is 7.98. The summed E-state index contributed by atoms with van der Waals surface area (Å²) in [6.45, 7) is 5.66. The lowest BCUT2D eigenvalue weighted by Gasteiger charge is -2.38. The van der Waals surface area contributed by atoms with Gasteiger partial charge in [-0.15, -0.1) is 0 Å². The quantitative estimate of drug-likeness (QED) is 0.274. The van der Waals surface area contributed by atoms with Crippen LogP contribution < -0.4 is 15.4 Å². The van der Waals surface area contributed by atoms with E-state index in [9.17, 15) is 14.7 Å². The number of aliphatic hydroxyl groups is 1. The molecule has 0 saturated heterocycles. The molecule has 44 heavy (non-hydrogen) atoms. The molecule has 0 aromatic heterocycles. The van der Waals surface area contributed by atoms with Crippen LogP contribution >= 0.6 is 0 Å². The van der Waals surface area contributed by atoms with Crippen molar-refractivity contribution in [2.24, 2.45) is 5.92 Å². The molecule has 3 aromatic rings. The van der Waals surface area contributed by atoms with Gasteiger partial charge in [-0.1, -0.05) is 80.8 Å².